The van der Waals surface area contributed by atoms with Crippen LogP contribution in [0.2, 0.25) is 0 Å². The van der Waals surface area contributed by atoms with Crippen molar-refractivity contribution in [2.24, 2.45) is 0 Å². The summed E-state index contributed by atoms with van der Waals surface area (Å²) in [5, 5.41) is 6.09. The molecule has 2 N–H and O–H groups in total. The van der Waals surface area contributed by atoms with Gasteiger partial charge in [0, 0.05) is 31.4 Å². The van der Waals surface area contributed by atoms with Gasteiger partial charge in [-0.1, -0.05) is 13.8 Å². The maximum Gasteiger partial charge on any atom is 0.251 e. The van der Waals surface area contributed by atoms with E-state index in [-0.39, 0.29) is 5.91 Å². The average Bonchev–Trinajstić information content (AvgIpc) is 2.45. The number of anilines is 1. The van der Waals surface area contributed by atoms with Gasteiger partial charge in [0.2, 0.25) is 0 Å². The molecule has 0 saturated carbocycles. The van der Waals surface area contributed by atoms with E-state index in [2.05, 4.69) is 34.4 Å². The van der Waals surface area contributed by atoms with Crippen LogP contribution in [0, 0.1) is 0 Å². The summed E-state index contributed by atoms with van der Waals surface area (Å²) in [6.07, 6.45) is 2.69. The molecule has 1 aromatic rings. The summed E-state index contributed by atoms with van der Waals surface area (Å²) in [5.41, 5.74) is 0.646. The molecule has 0 radical (unpaired) electrons. The van der Waals surface area contributed by atoms with Crippen LogP contribution in [0.5, 0.6) is 0 Å². The highest BCUT2D eigenvalue weighted by Gasteiger charge is 2.06. The van der Waals surface area contributed by atoms with Crippen molar-refractivity contribution in [3.63, 3.8) is 0 Å². The largest absolute Gasteiger partial charge is 0.370 e. The fraction of sp³-hybridized carbons (Fsp3) is 0.571. The molecule has 0 atom stereocenters. The predicted molar refractivity (Wildman–Crippen MR) is 78.5 cm³/mol. The van der Waals surface area contributed by atoms with Crippen molar-refractivity contribution in [3.05, 3.63) is 23.9 Å². The highest BCUT2D eigenvalue weighted by Crippen LogP contribution is 2.06. The second-order valence-electron chi connectivity index (χ2n) is 4.51. The van der Waals surface area contributed by atoms with Gasteiger partial charge >= 0.3 is 0 Å². The summed E-state index contributed by atoms with van der Waals surface area (Å²) in [5.74, 6) is 0.701. The fourth-order valence-electron chi connectivity index (χ4n) is 1.54. The first-order chi connectivity index (χ1) is 9.17. The number of nitrogens with zero attached hydrogens (tertiary/aromatic N) is 2. The molecule has 0 aromatic carbocycles. The molecule has 0 aliphatic rings. The van der Waals surface area contributed by atoms with E-state index >= 15 is 0 Å². The van der Waals surface area contributed by atoms with Crippen LogP contribution in [0.15, 0.2) is 18.3 Å². The van der Waals surface area contributed by atoms with Crippen LogP contribution in [-0.2, 0) is 0 Å². The lowest BCUT2D eigenvalue weighted by molar-refractivity contribution is 0.0950. The highest BCUT2D eigenvalue weighted by atomic mass is 16.1. The van der Waals surface area contributed by atoms with Crippen molar-refractivity contribution in [1.82, 2.24) is 15.2 Å². The third-order valence-corrected chi connectivity index (χ3v) is 2.90. The quantitative estimate of drug-likeness (QED) is 0.748. The first-order valence-electron chi connectivity index (χ1n) is 6.84. The van der Waals surface area contributed by atoms with E-state index in [4.69, 9.17) is 0 Å². The van der Waals surface area contributed by atoms with Crippen molar-refractivity contribution < 1.29 is 4.79 Å². The lowest BCUT2D eigenvalue weighted by Gasteiger charge is -2.14. The maximum atomic E-state index is 12.0. The molecule has 106 valence electrons. The Hall–Kier alpha value is -1.62. The van der Waals surface area contributed by atoms with Crippen LogP contribution in [-0.4, -0.2) is 49.0 Å². The molecule has 5 heteroatoms. The molecule has 5 nitrogen and oxygen atoms in total. The van der Waals surface area contributed by atoms with Gasteiger partial charge in [0.25, 0.3) is 5.91 Å². The maximum absolute atomic E-state index is 12.0. The van der Waals surface area contributed by atoms with Gasteiger partial charge < -0.3 is 15.5 Å². The van der Waals surface area contributed by atoms with Gasteiger partial charge in [-0.05, 0) is 32.1 Å². The molecule has 0 aliphatic heterocycles. The van der Waals surface area contributed by atoms with E-state index in [1.807, 2.05) is 7.05 Å². The Morgan fingerprint density at radius 3 is 2.84 bits per heavy atom. The topological polar surface area (TPSA) is 57.3 Å². The summed E-state index contributed by atoms with van der Waals surface area (Å²) in [7, 11) is 2.03. The van der Waals surface area contributed by atoms with Gasteiger partial charge in [-0.15, -0.1) is 0 Å². The molecule has 0 aliphatic carbocycles. The third-order valence-electron chi connectivity index (χ3n) is 2.90. The zero-order valence-corrected chi connectivity index (χ0v) is 12.1. The van der Waals surface area contributed by atoms with E-state index in [1.165, 1.54) is 0 Å². The standard InChI is InChI=1S/C14H24N4O/c1-4-7-15-13-11-12(6-8-16-13)14(19)17-9-10-18(3)5-2/h6,8,11H,4-5,7,9-10H2,1-3H3,(H,15,16)(H,17,19). The Bertz CT molecular complexity index is 395. The number of carbonyl (C=O) groups is 1. The molecule has 0 unspecified atom stereocenters. The second kappa shape index (κ2) is 8.48. The molecular formula is C14H24N4O. The molecule has 1 heterocycles. The van der Waals surface area contributed by atoms with Gasteiger partial charge in [-0.3, -0.25) is 4.79 Å². The van der Waals surface area contributed by atoms with Crippen LogP contribution in [0.4, 0.5) is 5.82 Å². The summed E-state index contributed by atoms with van der Waals surface area (Å²) >= 11 is 0. The molecule has 0 saturated heterocycles. The number of hydrogen-bond donors (Lipinski definition) is 2. The summed E-state index contributed by atoms with van der Waals surface area (Å²) in [4.78, 5) is 18.3. The number of aromatic nitrogens is 1. The van der Waals surface area contributed by atoms with Gasteiger partial charge in [0.1, 0.15) is 5.82 Å². The monoisotopic (exact) mass is 264 g/mol. The van der Waals surface area contributed by atoms with Crippen molar-refractivity contribution >= 4 is 11.7 Å². The van der Waals surface area contributed by atoms with E-state index < -0.39 is 0 Å². The van der Waals surface area contributed by atoms with Crippen LogP contribution in [0.25, 0.3) is 0 Å². The van der Waals surface area contributed by atoms with Crippen molar-refractivity contribution in [1.29, 1.82) is 0 Å². The Labute approximate surface area is 115 Å². The van der Waals surface area contributed by atoms with Gasteiger partial charge in [-0.2, -0.15) is 0 Å². The fourth-order valence-corrected chi connectivity index (χ4v) is 1.54. The molecule has 0 spiro atoms. The van der Waals surface area contributed by atoms with Gasteiger partial charge in [0.05, 0.1) is 0 Å². The average molecular weight is 264 g/mol. The first kappa shape index (κ1) is 15.4. The normalized spacial score (nSPS) is 10.5. The first-order valence-corrected chi connectivity index (χ1v) is 6.84. The highest BCUT2D eigenvalue weighted by molar-refractivity contribution is 5.94. The van der Waals surface area contributed by atoms with Crippen molar-refractivity contribution in [2.45, 2.75) is 20.3 Å². The molecule has 1 amide bonds. The van der Waals surface area contributed by atoms with Crippen LogP contribution < -0.4 is 10.6 Å². The molecule has 1 rings (SSSR count). The Morgan fingerprint density at radius 2 is 2.16 bits per heavy atom. The minimum absolute atomic E-state index is 0.0496. The molecule has 1 aromatic heterocycles. The number of amides is 1. The number of carbonyl (C=O) groups excluding carboxylic acids is 1. The summed E-state index contributed by atoms with van der Waals surface area (Å²) in [6, 6.07) is 3.52. The Kier molecular flexibility index (Phi) is 6.89. The van der Waals surface area contributed by atoms with E-state index in [9.17, 15) is 4.79 Å². The summed E-state index contributed by atoms with van der Waals surface area (Å²) < 4.78 is 0. The lowest BCUT2D eigenvalue weighted by atomic mass is 10.2. The van der Waals surface area contributed by atoms with Crippen LogP contribution in [0.1, 0.15) is 30.6 Å². The van der Waals surface area contributed by atoms with Gasteiger partial charge in [0.15, 0.2) is 0 Å². The van der Waals surface area contributed by atoms with Gasteiger partial charge in [-0.25, -0.2) is 4.98 Å². The number of pyridine rings is 1. The van der Waals surface area contributed by atoms with Crippen molar-refractivity contribution in [3.8, 4) is 0 Å². The summed E-state index contributed by atoms with van der Waals surface area (Å²) in [6.45, 7) is 7.54. The number of hydrogen-bond acceptors (Lipinski definition) is 4. The molecule has 0 fully saturated rings. The van der Waals surface area contributed by atoms with Crippen LogP contribution >= 0.6 is 0 Å². The lowest BCUT2D eigenvalue weighted by Crippen LogP contribution is -2.32. The predicted octanol–water partition coefficient (Wildman–Crippen LogP) is 1.58. The molecule has 0 bridgehead atoms. The smallest absolute Gasteiger partial charge is 0.251 e. The van der Waals surface area contributed by atoms with E-state index in [0.717, 1.165) is 31.9 Å². The molecular weight excluding hydrogens is 240 g/mol. The molecule has 19 heavy (non-hydrogen) atoms. The SMILES string of the molecule is CCCNc1cc(C(=O)NCCN(C)CC)ccn1. The minimum Gasteiger partial charge on any atom is -0.370 e. The number of nitrogens with one attached hydrogen (secondary N) is 2. The third kappa shape index (κ3) is 5.70. The Morgan fingerprint density at radius 1 is 1.37 bits per heavy atom. The van der Waals surface area contributed by atoms with Crippen LogP contribution in [0.3, 0.4) is 0 Å². The number of rotatable bonds is 8. The number of likely N-dealkylation sites (N-methyl/N-ethyl adjacent to an activating group) is 1. The van der Waals surface area contributed by atoms with Crippen molar-refractivity contribution in [2.75, 3.05) is 38.5 Å². The zero-order chi connectivity index (χ0) is 14.1. The van der Waals surface area contributed by atoms with E-state index in [1.54, 1.807) is 18.3 Å². The Balaban J connectivity index is 2.47. The van der Waals surface area contributed by atoms with E-state index in [0.29, 0.717) is 12.1 Å². The zero-order valence-electron chi connectivity index (χ0n) is 12.1. The minimum atomic E-state index is -0.0496. The second-order valence-corrected chi connectivity index (χ2v) is 4.51.